The van der Waals surface area contributed by atoms with Crippen molar-refractivity contribution in [2.75, 3.05) is 13.7 Å². The molecule has 3 atom stereocenters. The van der Waals surface area contributed by atoms with E-state index in [1.54, 1.807) is 41.5 Å². The number of carbonyl (C=O) groups is 4. The second-order valence-electron chi connectivity index (χ2n) is 10.3. The summed E-state index contributed by atoms with van der Waals surface area (Å²) in [5.74, 6) is 0.946. The van der Waals surface area contributed by atoms with E-state index < -0.39 is 58.7 Å². The van der Waals surface area contributed by atoms with Crippen molar-refractivity contribution in [3.8, 4) is 0 Å². The zero-order valence-corrected chi connectivity index (χ0v) is 20.2. The Kier molecular flexibility index (Phi) is 10.1. The van der Waals surface area contributed by atoms with Crippen LogP contribution in [-0.4, -0.2) is 54.1 Å². The van der Waals surface area contributed by atoms with Crippen LogP contribution in [0.4, 0.5) is 0 Å². The van der Waals surface area contributed by atoms with Crippen LogP contribution in [0, 0.1) is 22.7 Å². The number of hydrogen-bond donors (Lipinski definition) is 5. The SMILES string of the molecule is CNC(=O)[C@@H](NC(=O)C(CC(C)C)[C@](O)(COC(=O)C(C)(C)C)C(=O)NN)C(C)(C)C. The van der Waals surface area contributed by atoms with Crippen molar-refractivity contribution < 1.29 is 29.0 Å². The van der Waals surface area contributed by atoms with E-state index in [1.807, 2.05) is 19.3 Å². The van der Waals surface area contributed by atoms with Crippen molar-refractivity contribution in [2.24, 2.45) is 28.5 Å². The molecule has 0 aliphatic rings. The van der Waals surface area contributed by atoms with Crippen LogP contribution in [0.25, 0.3) is 0 Å². The molecule has 10 heteroatoms. The Balaban J connectivity index is 6.13. The number of ether oxygens (including phenoxy) is 1. The highest BCUT2D eigenvalue weighted by Crippen LogP contribution is 2.29. The number of amides is 3. The number of nitrogens with two attached hydrogens (primary N) is 1. The summed E-state index contributed by atoms with van der Waals surface area (Å²) in [6, 6.07) is -0.929. The third kappa shape index (κ3) is 8.10. The average Bonchev–Trinajstić information content (AvgIpc) is 2.64. The van der Waals surface area contributed by atoms with Crippen LogP contribution < -0.4 is 21.9 Å². The number of aliphatic hydroxyl groups is 1. The minimum atomic E-state index is -2.44. The van der Waals surface area contributed by atoms with Crippen LogP contribution in [0.5, 0.6) is 0 Å². The zero-order valence-electron chi connectivity index (χ0n) is 20.2. The maximum atomic E-state index is 13.3. The molecule has 10 nitrogen and oxygen atoms in total. The number of hydrogen-bond acceptors (Lipinski definition) is 7. The minimum absolute atomic E-state index is 0.0768. The highest BCUT2D eigenvalue weighted by atomic mass is 16.5. The molecule has 0 bridgehead atoms. The molecule has 0 radical (unpaired) electrons. The summed E-state index contributed by atoms with van der Waals surface area (Å²) in [6.45, 7) is 13.0. The fourth-order valence-corrected chi connectivity index (χ4v) is 2.89. The third-order valence-electron chi connectivity index (χ3n) is 4.82. The van der Waals surface area contributed by atoms with Gasteiger partial charge in [-0.05, 0) is 38.5 Å². The molecule has 0 spiro atoms. The van der Waals surface area contributed by atoms with E-state index in [0.717, 1.165) is 0 Å². The third-order valence-corrected chi connectivity index (χ3v) is 4.82. The molecule has 0 aromatic rings. The molecular weight excluding hydrogens is 404 g/mol. The standard InChI is InChI=1S/C21H40N4O6/c1-12(2)10-13(15(26)24-14(16(27)23-9)19(3,4)5)21(30,17(28)25-22)11-31-18(29)20(6,7)8/h12-14,30H,10-11,22H2,1-9H3,(H,23,27)(H,24,26)(H,25,28)/t13?,14-,21-/m1/s1. The normalized spacial score (nSPS) is 16.0. The van der Waals surface area contributed by atoms with Gasteiger partial charge in [0.15, 0.2) is 5.60 Å². The average molecular weight is 445 g/mol. The number of rotatable bonds is 9. The second-order valence-corrected chi connectivity index (χ2v) is 10.3. The maximum absolute atomic E-state index is 13.3. The molecule has 6 N–H and O–H groups in total. The number of esters is 1. The smallest absolute Gasteiger partial charge is 0.311 e. The van der Waals surface area contributed by atoms with E-state index in [1.165, 1.54) is 7.05 Å². The lowest BCUT2D eigenvalue weighted by molar-refractivity contribution is -0.175. The Bertz CT molecular complexity index is 666. The summed E-state index contributed by atoms with van der Waals surface area (Å²) >= 11 is 0. The Labute approximate surface area is 185 Å². The van der Waals surface area contributed by atoms with Crippen LogP contribution in [0.15, 0.2) is 0 Å². The Morgan fingerprint density at radius 2 is 1.52 bits per heavy atom. The van der Waals surface area contributed by atoms with Crippen molar-refractivity contribution >= 4 is 23.7 Å². The van der Waals surface area contributed by atoms with Crippen LogP contribution in [0.3, 0.4) is 0 Å². The summed E-state index contributed by atoms with van der Waals surface area (Å²) in [7, 11) is 1.45. The van der Waals surface area contributed by atoms with Gasteiger partial charge >= 0.3 is 5.97 Å². The zero-order chi connectivity index (χ0) is 24.8. The van der Waals surface area contributed by atoms with E-state index >= 15 is 0 Å². The van der Waals surface area contributed by atoms with E-state index in [2.05, 4.69) is 10.6 Å². The molecular formula is C21H40N4O6. The maximum Gasteiger partial charge on any atom is 0.311 e. The van der Waals surface area contributed by atoms with Crippen LogP contribution in [-0.2, 0) is 23.9 Å². The number of hydrazine groups is 1. The fourth-order valence-electron chi connectivity index (χ4n) is 2.89. The molecule has 0 fully saturated rings. The lowest BCUT2D eigenvalue weighted by Gasteiger charge is -2.37. The number of carbonyl (C=O) groups excluding carboxylic acids is 4. The van der Waals surface area contributed by atoms with Crippen molar-refractivity contribution in [3.63, 3.8) is 0 Å². The summed E-state index contributed by atoms with van der Waals surface area (Å²) in [5.41, 5.74) is -2.11. The summed E-state index contributed by atoms with van der Waals surface area (Å²) in [4.78, 5) is 50.4. The lowest BCUT2D eigenvalue weighted by atomic mass is 9.79. The first kappa shape index (κ1) is 28.8. The summed E-state index contributed by atoms with van der Waals surface area (Å²) < 4.78 is 5.18. The van der Waals surface area contributed by atoms with Crippen molar-refractivity contribution in [2.45, 2.75) is 73.5 Å². The molecule has 1 unspecified atom stereocenters. The predicted octanol–water partition coefficient (Wildman–Crippen LogP) is 0.236. The first-order chi connectivity index (χ1) is 13.9. The van der Waals surface area contributed by atoms with Gasteiger partial charge in [0.2, 0.25) is 11.8 Å². The molecule has 31 heavy (non-hydrogen) atoms. The Morgan fingerprint density at radius 1 is 1.00 bits per heavy atom. The first-order valence-electron chi connectivity index (χ1n) is 10.3. The van der Waals surface area contributed by atoms with Crippen molar-refractivity contribution in [1.29, 1.82) is 0 Å². The van der Waals surface area contributed by atoms with Gasteiger partial charge in [-0.3, -0.25) is 24.6 Å². The minimum Gasteiger partial charge on any atom is -0.462 e. The molecule has 0 saturated heterocycles. The first-order valence-corrected chi connectivity index (χ1v) is 10.3. The topological polar surface area (TPSA) is 160 Å². The van der Waals surface area contributed by atoms with E-state index in [-0.39, 0.29) is 12.3 Å². The quantitative estimate of drug-likeness (QED) is 0.147. The van der Waals surface area contributed by atoms with Crippen LogP contribution in [0.2, 0.25) is 0 Å². The monoisotopic (exact) mass is 444 g/mol. The highest BCUT2D eigenvalue weighted by Gasteiger charge is 2.50. The van der Waals surface area contributed by atoms with Crippen molar-refractivity contribution in [1.82, 2.24) is 16.1 Å². The second kappa shape index (κ2) is 10.9. The summed E-state index contributed by atoms with van der Waals surface area (Å²) in [5, 5.41) is 16.4. The van der Waals surface area contributed by atoms with Gasteiger partial charge < -0.3 is 20.5 Å². The highest BCUT2D eigenvalue weighted by molar-refractivity contribution is 5.95. The van der Waals surface area contributed by atoms with Crippen molar-refractivity contribution in [3.05, 3.63) is 0 Å². The molecule has 0 rings (SSSR count). The van der Waals surface area contributed by atoms with Gasteiger partial charge in [-0.1, -0.05) is 34.6 Å². The molecule has 3 amide bonds. The molecule has 0 heterocycles. The molecule has 0 aliphatic carbocycles. The number of nitrogens with one attached hydrogen (secondary N) is 3. The van der Waals surface area contributed by atoms with Gasteiger partial charge in [-0.2, -0.15) is 0 Å². The molecule has 0 aliphatic heterocycles. The molecule has 180 valence electrons. The predicted molar refractivity (Wildman–Crippen MR) is 116 cm³/mol. The lowest BCUT2D eigenvalue weighted by Crippen LogP contribution is -2.63. The van der Waals surface area contributed by atoms with Crippen LogP contribution >= 0.6 is 0 Å². The van der Waals surface area contributed by atoms with E-state index in [4.69, 9.17) is 10.6 Å². The van der Waals surface area contributed by atoms with E-state index in [9.17, 15) is 24.3 Å². The van der Waals surface area contributed by atoms with Gasteiger partial charge in [0.1, 0.15) is 12.6 Å². The van der Waals surface area contributed by atoms with Gasteiger partial charge in [0, 0.05) is 7.05 Å². The largest absolute Gasteiger partial charge is 0.462 e. The van der Waals surface area contributed by atoms with Gasteiger partial charge in [0.25, 0.3) is 5.91 Å². The van der Waals surface area contributed by atoms with Gasteiger partial charge in [-0.15, -0.1) is 0 Å². The van der Waals surface area contributed by atoms with Gasteiger partial charge in [0.05, 0.1) is 11.3 Å². The Morgan fingerprint density at radius 3 is 1.87 bits per heavy atom. The van der Waals surface area contributed by atoms with Gasteiger partial charge in [-0.25, -0.2) is 5.84 Å². The Hall–Kier alpha value is -2.20. The van der Waals surface area contributed by atoms with E-state index in [0.29, 0.717) is 0 Å². The number of likely N-dealkylation sites (N-methyl/N-ethyl adjacent to an activating group) is 1. The molecule has 0 aromatic heterocycles. The molecule has 0 saturated carbocycles. The summed E-state index contributed by atoms with van der Waals surface area (Å²) in [6.07, 6.45) is 0.0768. The fraction of sp³-hybridized carbons (Fsp3) is 0.810. The molecule has 0 aromatic carbocycles. The van der Waals surface area contributed by atoms with Crippen LogP contribution in [0.1, 0.15) is 61.8 Å².